The molecule has 0 spiro atoms. The van der Waals surface area contributed by atoms with Gasteiger partial charge in [-0.2, -0.15) is 8.78 Å². The highest BCUT2D eigenvalue weighted by Gasteiger charge is 2.49. The van der Waals surface area contributed by atoms with E-state index in [2.05, 4.69) is 5.32 Å². The lowest BCUT2D eigenvalue weighted by molar-refractivity contribution is -0.169. The minimum atomic E-state index is -4.68. The standard InChI is InChI=1S/C8H12F4N2O2/c9-6(10)8(11,12)7(16)14-2-4-1-13-3-5(4)15/h4-6,13,15H,1-3H2,(H,14,16). The second kappa shape index (κ2) is 4.96. The molecule has 0 radical (unpaired) electrons. The van der Waals surface area contributed by atoms with Crippen LogP contribution in [0.15, 0.2) is 0 Å². The van der Waals surface area contributed by atoms with Crippen molar-refractivity contribution in [1.29, 1.82) is 0 Å². The van der Waals surface area contributed by atoms with Gasteiger partial charge in [-0.25, -0.2) is 8.78 Å². The van der Waals surface area contributed by atoms with E-state index in [0.29, 0.717) is 13.1 Å². The van der Waals surface area contributed by atoms with Crippen LogP contribution in [0.1, 0.15) is 0 Å². The molecule has 1 saturated heterocycles. The van der Waals surface area contributed by atoms with Gasteiger partial charge in [0.15, 0.2) is 0 Å². The lowest BCUT2D eigenvalue weighted by Gasteiger charge is -2.18. The molecule has 3 N–H and O–H groups in total. The normalized spacial score (nSPS) is 26.1. The molecule has 1 rings (SSSR count). The molecule has 0 saturated carbocycles. The summed E-state index contributed by atoms with van der Waals surface area (Å²) in [7, 11) is 0. The van der Waals surface area contributed by atoms with Gasteiger partial charge in [0, 0.05) is 25.6 Å². The van der Waals surface area contributed by atoms with E-state index in [1.165, 1.54) is 0 Å². The van der Waals surface area contributed by atoms with Gasteiger partial charge in [-0.05, 0) is 0 Å². The molecule has 1 amide bonds. The summed E-state index contributed by atoms with van der Waals surface area (Å²) in [4.78, 5) is 10.7. The number of amides is 1. The summed E-state index contributed by atoms with van der Waals surface area (Å²) in [6, 6.07) is 0. The first kappa shape index (κ1) is 13.2. The van der Waals surface area contributed by atoms with Crippen molar-refractivity contribution in [2.75, 3.05) is 19.6 Å². The molecule has 8 heteroatoms. The van der Waals surface area contributed by atoms with Crippen LogP contribution < -0.4 is 10.6 Å². The van der Waals surface area contributed by atoms with Crippen LogP contribution in [-0.4, -0.2) is 49.1 Å². The third-order valence-corrected chi connectivity index (χ3v) is 2.41. The molecule has 1 aliphatic rings. The molecular weight excluding hydrogens is 232 g/mol. The number of nitrogens with one attached hydrogen (secondary N) is 2. The molecule has 1 fully saturated rings. The summed E-state index contributed by atoms with van der Waals surface area (Å²) in [5.41, 5.74) is 0. The second-order valence-corrected chi connectivity index (χ2v) is 3.62. The predicted molar refractivity (Wildman–Crippen MR) is 46.3 cm³/mol. The van der Waals surface area contributed by atoms with Crippen molar-refractivity contribution in [3.8, 4) is 0 Å². The van der Waals surface area contributed by atoms with E-state index in [-0.39, 0.29) is 6.54 Å². The number of β-amino-alcohol motifs (C(OH)–C–C–N with tert-alkyl or cyclic N) is 1. The van der Waals surface area contributed by atoms with Crippen LogP contribution in [-0.2, 0) is 4.79 Å². The van der Waals surface area contributed by atoms with E-state index < -0.39 is 30.3 Å². The van der Waals surface area contributed by atoms with Crippen molar-refractivity contribution < 1.29 is 27.5 Å². The van der Waals surface area contributed by atoms with Crippen molar-refractivity contribution in [3.05, 3.63) is 0 Å². The fourth-order valence-electron chi connectivity index (χ4n) is 1.37. The first-order valence-electron chi connectivity index (χ1n) is 4.68. The van der Waals surface area contributed by atoms with Crippen LogP contribution in [0.3, 0.4) is 0 Å². The predicted octanol–water partition coefficient (Wildman–Crippen LogP) is -0.417. The smallest absolute Gasteiger partial charge is 0.383 e. The Balaban J connectivity index is 2.40. The Morgan fingerprint density at radius 2 is 2.12 bits per heavy atom. The number of hydrogen-bond acceptors (Lipinski definition) is 3. The molecule has 4 nitrogen and oxygen atoms in total. The summed E-state index contributed by atoms with van der Waals surface area (Å²) in [5, 5.41) is 13.7. The average molecular weight is 244 g/mol. The zero-order chi connectivity index (χ0) is 12.3. The molecule has 0 aliphatic carbocycles. The molecule has 2 unspecified atom stereocenters. The molecule has 0 aromatic heterocycles. The second-order valence-electron chi connectivity index (χ2n) is 3.62. The van der Waals surface area contributed by atoms with Gasteiger partial charge in [-0.15, -0.1) is 0 Å². The Hall–Kier alpha value is -0.890. The number of hydrogen-bond donors (Lipinski definition) is 3. The summed E-state index contributed by atoms with van der Waals surface area (Å²) in [6.07, 6.45) is -4.79. The highest BCUT2D eigenvalue weighted by molar-refractivity contribution is 5.83. The number of alkyl halides is 4. The van der Waals surface area contributed by atoms with E-state index in [1.807, 2.05) is 0 Å². The quantitative estimate of drug-likeness (QED) is 0.589. The van der Waals surface area contributed by atoms with Crippen LogP contribution in [0.2, 0.25) is 0 Å². The van der Waals surface area contributed by atoms with Crippen LogP contribution in [0.4, 0.5) is 17.6 Å². The highest BCUT2D eigenvalue weighted by Crippen LogP contribution is 2.22. The first-order chi connectivity index (χ1) is 7.35. The van der Waals surface area contributed by atoms with Crippen molar-refractivity contribution in [1.82, 2.24) is 10.6 Å². The molecule has 1 heterocycles. The summed E-state index contributed by atoms with van der Waals surface area (Å²) in [5.74, 6) is -7.13. The van der Waals surface area contributed by atoms with E-state index in [4.69, 9.17) is 0 Å². The molecule has 0 aromatic carbocycles. The molecule has 0 aromatic rings. The van der Waals surface area contributed by atoms with Gasteiger partial charge < -0.3 is 15.7 Å². The summed E-state index contributed by atoms with van der Waals surface area (Å²) in [6.45, 7) is 0.392. The van der Waals surface area contributed by atoms with Gasteiger partial charge in [0.2, 0.25) is 0 Å². The number of rotatable bonds is 4. The number of aliphatic hydroxyl groups excluding tert-OH is 1. The topological polar surface area (TPSA) is 61.4 Å². The third-order valence-electron chi connectivity index (χ3n) is 2.41. The maximum Gasteiger partial charge on any atom is 0.383 e. The van der Waals surface area contributed by atoms with E-state index >= 15 is 0 Å². The van der Waals surface area contributed by atoms with Crippen LogP contribution >= 0.6 is 0 Å². The van der Waals surface area contributed by atoms with Crippen LogP contribution in [0.5, 0.6) is 0 Å². The monoisotopic (exact) mass is 244 g/mol. The van der Waals surface area contributed by atoms with Crippen LogP contribution in [0.25, 0.3) is 0 Å². The average Bonchev–Trinajstić information content (AvgIpc) is 2.60. The molecule has 2 atom stereocenters. The Labute approximate surface area is 89.0 Å². The fraction of sp³-hybridized carbons (Fsp3) is 0.875. The molecule has 16 heavy (non-hydrogen) atoms. The minimum absolute atomic E-state index is 0.255. The van der Waals surface area contributed by atoms with Gasteiger partial charge in [0.05, 0.1) is 6.10 Å². The highest BCUT2D eigenvalue weighted by atomic mass is 19.3. The van der Waals surface area contributed by atoms with Crippen molar-refractivity contribution in [2.45, 2.75) is 18.5 Å². The number of carbonyl (C=O) groups excluding carboxylic acids is 1. The van der Waals surface area contributed by atoms with Gasteiger partial charge in [-0.3, -0.25) is 4.79 Å². The van der Waals surface area contributed by atoms with Gasteiger partial charge >= 0.3 is 12.3 Å². The van der Waals surface area contributed by atoms with E-state index in [9.17, 15) is 27.5 Å². The van der Waals surface area contributed by atoms with E-state index in [1.54, 1.807) is 5.32 Å². The number of carbonyl (C=O) groups is 1. The lowest BCUT2D eigenvalue weighted by atomic mass is 10.1. The first-order valence-corrected chi connectivity index (χ1v) is 4.68. The molecular formula is C8H12F4N2O2. The van der Waals surface area contributed by atoms with Crippen LogP contribution in [0, 0.1) is 5.92 Å². The van der Waals surface area contributed by atoms with Crippen molar-refractivity contribution >= 4 is 5.91 Å². The maximum absolute atomic E-state index is 12.5. The largest absolute Gasteiger partial charge is 0.391 e. The minimum Gasteiger partial charge on any atom is -0.391 e. The van der Waals surface area contributed by atoms with E-state index in [0.717, 1.165) is 0 Å². The zero-order valence-corrected chi connectivity index (χ0v) is 8.22. The Morgan fingerprint density at radius 3 is 2.56 bits per heavy atom. The van der Waals surface area contributed by atoms with Crippen molar-refractivity contribution in [2.24, 2.45) is 5.92 Å². The zero-order valence-electron chi connectivity index (χ0n) is 8.22. The third kappa shape index (κ3) is 2.82. The number of halogens is 4. The summed E-state index contributed by atoms with van der Waals surface area (Å²) < 4.78 is 48.5. The van der Waals surface area contributed by atoms with Gasteiger partial charge in [0.1, 0.15) is 0 Å². The Morgan fingerprint density at radius 1 is 1.50 bits per heavy atom. The summed E-state index contributed by atoms with van der Waals surface area (Å²) >= 11 is 0. The van der Waals surface area contributed by atoms with Crippen molar-refractivity contribution in [3.63, 3.8) is 0 Å². The van der Waals surface area contributed by atoms with Gasteiger partial charge in [0.25, 0.3) is 5.91 Å². The fourth-order valence-corrected chi connectivity index (χ4v) is 1.37. The lowest BCUT2D eigenvalue weighted by Crippen LogP contribution is -2.47. The Bertz CT molecular complexity index is 262. The molecule has 1 aliphatic heterocycles. The maximum atomic E-state index is 12.5. The Kier molecular flexibility index (Phi) is 4.09. The number of aliphatic hydroxyl groups is 1. The molecule has 94 valence electrons. The SMILES string of the molecule is O=C(NCC1CNCC1O)C(F)(F)C(F)F. The molecule has 0 bridgehead atoms. The van der Waals surface area contributed by atoms with Gasteiger partial charge in [-0.1, -0.05) is 0 Å².